The Balaban J connectivity index is 1.92. The largest absolute Gasteiger partial charge is 0.416 e. The van der Waals surface area contributed by atoms with Crippen LogP contribution in [-0.4, -0.2) is 18.7 Å². The second-order valence-corrected chi connectivity index (χ2v) is 5.07. The van der Waals surface area contributed by atoms with Crippen LogP contribution in [0.15, 0.2) is 53.7 Å². The third-order valence-electron chi connectivity index (χ3n) is 2.84. The van der Waals surface area contributed by atoms with Crippen molar-refractivity contribution in [3.8, 4) is 0 Å². The fourth-order valence-corrected chi connectivity index (χ4v) is 1.88. The van der Waals surface area contributed by atoms with Crippen molar-refractivity contribution in [1.29, 1.82) is 0 Å². The Morgan fingerprint density at radius 2 is 1.92 bits per heavy atom. The lowest BCUT2D eigenvalue weighted by Gasteiger charge is -2.11. The van der Waals surface area contributed by atoms with Gasteiger partial charge in [0.15, 0.2) is 6.61 Å². The smallest absolute Gasteiger partial charge is 0.386 e. The normalized spacial score (nSPS) is 11.5. The number of benzene rings is 2. The van der Waals surface area contributed by atoms with Gasteiger partial charge in [-0.15, -0.1) is 0 Å². The van der Waals surface area contributed by atoms with Crippen molar-refractivity contribution in [1.82, 2.24) is 0 Å². The number of hydrogen-bond donors (Lipinski definition) is 1. The summed E-state index contributed by atoms with van der Waals surface area (Å²) in [4.78, 5) is 16.5. The molecule has 2 aromatic carbocycles. The molecule has 0 aliphatic heterocycles. The van der Waals surface area contributed by atoms with Gasteiger partial charge in [0.05, 0.1) is 22.5 Å². The van der Waals surface area contributed by atoms with E-state index >= 15 is 0 Å². The van der Waals surface area contributed by atoms with Crippen LogP contribution in [0.5, 0.6) is 0 Å². The second kappa shape index (κ2) is 7.83. The van der Waals surface area contributed by atoms with Crippen molar-refractivity contribution in [2.75, 3.05) is 11.9 Å². The molecular weight excluding hydrogens is 345 g/mol. The molecule has 8 heteroatoms. The van der Waals surface area contributed by atoms with Gasteiger partial charge in [-0.2, -0.15) is 13.2 Å². The average Bonchev–Trinajstić information content (AvgIpc) is 2.53. The van der Waals surface area contributed by atoms with Crippen molar-refractivity contribution in [3.63, 3.8) is 0 Å². The summed E-state index contributed by atoms with van der Waals surface area (Å²) in [5.74, 6) is -0.679. The van der Waals surface area contributed by atoms with E-state index in [2.05, 4.69) is 10.5 Å². The quantitative estimate of drug-likeness (QED) is 0.639. The van der Waals surface area contributed by atoms with Crippen molar-refractivity contribution in [2.45, 2.75) is 6.18 Å². The predicted octanol–water partition coefficient (Wildman–Crippen LogP) is 4.35. The first-order valence-electron chi connectivity index (χ1n) is 6.73. The zero-order valence-electron chi connectivity index (χ0n) is 12.2. The molecule has 4 nitrogen and oxygen atoms in total. The lowest BCUT2D eigenvalue weighted by Crippen LogP contribution is -2.18. The van der Waals surface area contributed by atoms with Crippen LogP contribution in [0.2, 0.25) is 5.02 Å². The van der Waals surface area contributed by atoms with Gasteiger partial charge in [-0.1, -0.05) is 47.1 Å². The van der Waals surface area contributed by atoms with Gasteiger partial charge in [0.25, 0.3) is 5.91 Å². The number of hydrogen-bond acceptors (Lipinski definition) is 3. The van der Waals surface area contributed by atoms with Crippen LogP contribution in [0.4, 0.5) is 18.9 Å². The number of halogens is 4. The minimum atomic E-state index is -4.53. The summed E-state index contributed by atoms with van der Waals surface area (Å²) in [6, 6.07) is 11.7. The zero-order valence-corrected chi connectivity index (χ0v) is 12.9. The molecule has 0 aromatic heterocycles. The predicted molar refractivity (Wildman–Crippen MR) is 85.1 cm³/mol. The SMILES string of the molecule is O=C(CO/N=C/c1ccccc1)Nc1cc(C(F)(F)F)ccc1Cl. The Hall–Kier alpha value is -2.54. The molecule has 0 saturated heterocycles. The summed E-state index contributed by atoms with van der Waals surface area (Å²) in [5, 5.41) is 5.85. The van der Waals surface area contributed by atoms with Gasteiger partial charge in [-0.25, -0.2) is 0 Å². The van der Waals surface area contributed by atoms with Crippen molar-refractivity contribution in [3.05, 3.63) is 64.7 Å². The Morgan fingerprint density at radius 1 is 1.21 bits per heavy atom. The van der Waals surface area contributed by atoms with Gasteiger partial charge in [-0.05, 0) is 23.8 Å². The maximum atomic E-state index is 12.6. The first-order chi connectivity index (χ1) is 11.4. The van der Waals surface area contributed by atoms with Crippen LogP contribution in [-0.2, 0) is 15.8 Å². The van der Waals surface area contributed by atoms with Gasteiger partial charge in [0.1, 0.15) is 0 Å². The fraction of sp³-hybridized carbons (Fsp3) is 0.125. The number of anilines is 1. The number of oxime groups is 1. The van der Waals surface area contributed by atoms with Gasteiger partial charge in [-0.3, -0.25) is 4.79 Å². The first kappa shape index (κ1) is 17.8. The molecule has 0 atom stereocenters. The van der Waals surface area contributed by atoms with E-state index in [9.17, 15) is 18.0 Å². The molecule has 24 heavy (non-hydrogen) atoms. The van der Waals surface area contributed by atoms with E-state index in [1.165, 1.54) is 6.21 Å². The Labute approximate surface area is 140 Å². The van der Waals surface area contributed by atoms with Crippen LogP contribution in [0, 0.1) is 0 Å². The van der Waals surface area contributed by atoms with E-state index in [1.807, 2.05) is 18.2 Å². The van der Waals surface area contributed by atoms with Gasteiger partial charge in [0, 0.05) is 0 Å². The molecule has 2 rings (SSSR count). The molecule has 1 amide bonds. The highest BCUT2D eigenvalue weighted by molar-refractivity contribution is 6.33. The number of carbonyl (C=O) groups is 1. The summed E-state index contributed by atoms with van der Waals surface area (Å²) in [6.07, 6.45) is -3.12. The number of nitrogens with one attached hydrogen (secondary N) is 1. The Morgan fingerprint density at radius 3 is 2.58 bits per heavy atom. The minimum Gasteiger partial charge on any atom is -0.386 e. The number of amides is 1. The van der Waals surface area contributed by atoms with Crippen molar-refractivity contribution < 1.29 is 22.8 Å². The lowest BCUT2D eigenvalue weighted by molar-refractivity contribution is -0.137. The van der Waals surface area contributed by atoms with Gasteiger partial charge >= 0.3 is 6.18 Å². The molecule has 1 N–H and O–H groups in total. The average molecular weight is 357 g/mol. The van der Waals surface area contributed by atoms with Gasteiger partial charge < -0.3 is 10.2 Å². The molecule has 0 bridgehead atoms. The van der Waals surface area contributed by atoms with Crippen LogP contribution in [0.1, 0.15) is 11.1 Å². The maximum absolute atomic E-state index is 12.6. The minimum absolute atomic E-state index is 0.0101. The van der Waals surface area contributed by atoms with E-state index in [0.29, 0.717) is 0 Å². The third-order valence-corrected chi connectivity index (χ3v) is 3.17. The zero-order chi connectivity index (χ0) is 17.6. The third kappa shape index (κ3) is 5.27. The van der Waals surface area contributed by atoms with E-state index in [1.54, 1.807) is 12.1 Å². The standard InChI is InChI=1S/C16H12ClF3N2O2/c17-13-7-6-12(16(18,19)20)8-14(13)22-15(23)10-24-21-9-11-4-2-1-3-5-11/h1-9H,10H2,(H,22,23)/b21-9+. The number of rotatable bonds is 5. The molecule has 0 fully saturated rings. The molecule has 0 saturated carbocycles. The molecule has 2 aromatic rings. The van der Waals surface area contributed by atoms with E-state index in [4.69, 9.17) is 16.4 Å². The highest BCUT2D eigenvalue weighted by Crippen LogP contribution is 2.33. The summed E-state index contributed by atoms with van der Waals surface area (Å²) in [5.41, 5.74) is -0.281. The molecule has 0 heterocycles. The second-order valence-electron chi connectivity index (χ2n) is 4.66. The number of carbonyl (C=O) groups excluding carboxylic acids is 1. The summed E-state index contributed by atoms with van der Waals surface area (Å²) >= 11 is 5.78. The van der Waals surface area contributed by atoms with Crippen molar-refractivity contribution in [2.24, 2.45) is 5.16 Å². The first-order valence-corrected chi connectivity index (χ1v) is 7.11. The summed E-state index contributed by atoms with van der Waals surface area (Å²) in [6.45, 7) is -0.462. The van der Waals surface area contributed by atoms with Crippen molar-refractivity contribution >= 4 is 29.4 Å². The number of nitrogens with zero attached hydrogens (tertiary/aromatic N) is 1. The van der Waals surface area contributed by atoms with Crippen LogP contribution in [0.3, 0.4) is 0 Å². The fourth-order valence-electron chi connectivity index (χ4n) is 1.72. The van der Waals surface area contributed by atoms with Crippen LogP contribution >= 0.6 is 11.6 Å². The van der Waals surface area contributed by atoms with Crippen LogP contribution < -0.4 is 5.32 Å². The molecular formula is C16H12ClF3N2O2. The molecule has 0 radical (unpaired) electrons. The highest BCUT2D eigenvalue weighted by Gasteiger charge is 2.31. The molecule has 0 spiro atoms. The molecule has 126 valence electrons. The monoisotopic (exact) mass is 356 g/mol. The summed E-state index contributed by atoms with van der Waals surface area (Å²) in [7, 11) is 0. The molecule has 0 aliphatic carbocycles. The molecule has 0 unspecified atom stereocenters. The Kier molecular flexibility index (Phi) is 5.81. The topological polar surface area (TPSA) is 50.7 Å². The van der Waals surface area contributed by atoms with Crippen LogP contribution in [0.25, 0.3) is 0 Å². The molecule has 0 aliphatic rings. The summed E-state index contributed by atoms with van der Waals surface area (Å²) < 4.78 is 37.9. The number of alkyl halides is 3. The maximum Gasteiger partial charge on any atom is 0.416 e. The van der Waals surface area contributed by atoms with E-state index in [0.717, 1.165) is 23.8 Å². The highest BCUT2D eigenvalue weighted by atomic mass is 35.5. The van der Waals surface area contributed by atoms with E-state index in [-0.39, 0.29) is 10.7 Å². The van der Waals surface area contributed by atoms with Gasteiger partial charge in [0.2, 0.25) is 0 Å². The van der Waals surface area contributed by atoms with E-state index < -0.39 is 24.3 Å². The lowest BCUT2D eigenvalue weighted by atomic mass is 10.2. The Bertz CT molecular complexity index is 734.